The zero-order valence-electron chi connectivity index (χ0n) is 12.5. The monoisotopic (exact) mass is 345 g/mol. The summed E-state index contributed by atoms with van der Waals surface area (Å²) >= 11 is 1.50. The molecule has 1 aromatic carbocycles. The number of rotatable bonds is 6. The maximum Gasteiger partial charge on any atom is 0.223 e. The van der Waals surface area contributed by atoms with Crippen molar-refractivity contribution in [1.82, 2.24) is 4.90 Å². The van der Waals surface area contributed by atoms with Crippen LogP contribution in [0, 0.1) is 5.82 Å². The summed E-state index contributed by atoms with van der Waals surface area (Å²) in [5, 5.41) is 0. The molecule has 0 aromatic heterocycles. The van der Waals surface area contributed by atoms with E-state index in [1.807, 2.05) is 6.92 Å². The molecule has 1 saturated heterocycles. The lowest BCUT2D eigenvalue weighted by Crippen LogP contribution is -2.41. The molecule has 1 amide bonds. The van der Waals surface area contributed by atoms with E-state index in [1.54, 1.807) is 17.0 Å². The van der Waals surface area contributed by atoms with Crippen molar-refractivity contribution in [3.8, 4) is 0 Å². The number of carbonyl (C=O) groups is 1. The van der Waals surface area contributed by atoms with Crippen LogP contribution in [0.3, 0.4) is 0 Å². The van der Waals surface area contributed by atoms with Gasteiger partial charge in [0.15, 0.2) is 9.84 Å². The summed E-state index contributed by atoms with van der Waals surface area (Å²) in [6.45, 7) is 2.40. The molecule has 1 aliphatic heterocycles. The molecule has 0 spiro atoms. The number of thioether (sulfide) groups is 1. The minimum atomic E-state index is -2.99. The highest BCUT2D eigenvalue weighted by Gasteiger charge is 2.33. The van der Waals surface area contributed by atoms with Crippen LogP contribution in [-0.2, 0) is 14.6 Å². The number of hydrogen-bond donors (Lipinski definition) is 0. The molecule has 1 aliphatic rings. The summed E-state index contributed by atoms with van der Waals surface area (Å²) in [6.07, 6.45) is 0.888. The molecule has 0 aliphatic carbocycles. The number of hydrogen-bond acceptors (Lipinski definition) is 4. The van der Waals surface area contributed by atoms with E-state index in [0.29, 0.717) is 25.1 Å². The summed E-state index contributed by atoms with van der Waals surface area (Å²) in [7, 11) is -2.99. The molecule has 7 heteroatoms. The molecule has 1 heterocycles. The quantitative estimate of drug-likeness (QED) is 0.743. The fraction of sp³-hybridized carbons (Fsp3) is 0.533. The van der Waals surface area contributed by atoms with Crippen molar-refractivity contribution in [3.05, 3.63) is 30.1 Å². The molecule has 0 saturated carbocycles. The first kappa shape index (κ1) is 17.3. The van der Waals surface area contributed by atoms with Crippen LogP contribution >= 0.6 is 11.8 Å². The van der Waals surface area contributed by atoms with Crippen molar-refractivity contribution in [2.75, 3.05) is 23.8 Å². The largest absolute Gasteiger partial charge is 0.339 e. The predicted molar refractivity (Wildman–Crippen MR) is 86.2 cm³/mol. The second kappa shape index (κ2) is 7.46. The summed E-state index contributed by atoms with van der Waals surface area (Å²) in [4.78, 5) is 14.9. The normalized spacial score (nSPS) is 20.0. The van der Waals surface area contributed by atoms with E-state index in [2.05, 4.69) is 0 Å². The second-order valence-corrected chi connectivity index (χ2v) is 8.69. The summed E-state index contributed by atoms with van der Waals surface area (Å²) in [5.74, 6) is 0.559. The van der Waals surface area contributed by atoms with E-state index in [1.165, 1.54) is 23.9 Å². The lowest BCUT2D eigenvalue weighted by molar-refractivity contribution is -0.132. The van der Waals surface area contributed by atoms with Gasteiger partial charge in [-0.15, -0.1) is 11.8 Å². The van der Waals surface area contributed by atoms with Crippen molar-refractivity contribution in [1.29, 1.82) is 0 Å². The Morgan fingerprint density at radius 3 is 2.59 bits per heavy atom. The van der Waals surface area contributed by atoms with Crippen LogP contribution in [0.1, 0.15) is 19.8 Å². The Hall–Kier alpha value is -1.08. The summed E-state index contributed by atoms with van der Waals surface area (Å²) < 4.78 is 35.9. The van der Waals surface area contributed by atoms with Gasteiger partial charge in [0, 0.05) is 29.7 Å². The van der Waals surface area contributed by atoms with E-state index in [0.717, 1.165) is 4.90 Å². The third kappa shape index (κ3) is 4.71. The molecular weight excluding hydrogens is 325 g/mol. The summed E-state index contributed by atoms with van der Waals surface area (Å²) in [6, 6.07) is 5.98. The molecule has 1 aromatic rings. The lowest BCUT2D eigenvalue weighted by Gasteiger charge is -2.26. The van der Waals surface area contributed by atoms with E-state index in [9.17, 15) is 17.6 Å². The van der Waals surface area contributed by atoms with Crippen LogP contribution in [0.25, 0.3) is 0 Å². The number of sulfone groups is 1. The molecule has 1 atom stereocenters. The van der Waals surface area contributed by atoms with Gasteiger partial charge in [0.05, 0.1) is 11.5 Å². The SMILES string of the molecule is CCN(C(=O)CCSc1ccc(F)cc1)[C@@H]1CCS(=O)(=O)C1. The predicted octanol–water partition coefficient (Wildman–Crippen LogP) is 2.34. The van der Waals surface area contributed by atoms with Crippen molar-refractivity contribution >= 4 is 27.5 Å². The van der Waals surface area contributed by atoms with Gasteiger partial charge in [-0.1, -0.05) is 0 Å². The van der Waals surface area contributed by atoms with Gasteiger partial charge in [-0.05, 0) is 37.6 Å². The van der Waals surface area contributed by atoms with E-state index < -0.39 is 9.84 Å². The average Bonchev–Trinajstić information content (AvgIpc) is 2.82. The molecule has 0 radical (unpaired) electrons. The third-order valence-corrected chi connectivity index (χ3v) is 6.47. The molecule has 0 bridgehead atoms. The highest BCUT2D eigenvalue weighted by Crippen LogP contribution is 2.21. The molecule has 22 heavy (non-hydrogen) atoms. The van der Waals surface area contributed by atoms with Gasteiger partial charge in [0.2, 0.25) is 5.91 Å². The Balaban J connectivity index is 1.83. The highest BCUT2D eigenvalue weighted by molar-refractivity contribution is 7.99. The van der Waals surface area contributed by atoms with Crippen molar-refractivity contribution < 1.29 is 17.6 Å². The Morgan fingerprint density at radius 2 is 2.05 bits per heavy atom. The first-order chi connectivity index (χ1) is 10.4. The van der Waals surface area contributed by atoms with Crippen molar-refractivity contribution in [3.63, 3.8) is 0 Å². The van der Waals surface area contributed by atoms with E-state index >= 15 is 0 Å². The molecule has 0 N–H and O–H groups in total. The molecule has 122 valence electrons. The van der Waals surface area contributed by atoms with Crippen LogP contribution in [0.5, 0.6) is 0 Å². The topological polar surface area (TPSA) is 54.5 Å². The second-order valence-electron chi connectivity index (χ2n) is 5.29. The smallest absolute Gasteiger partial charge is 0.223 e. The van der Waals surface area contributed by atoms with Crippen molar-refractivity contribution in [2.24, 2.45) is 0 Å². The Labute approximate surface area is 135 Å². The van der Waals surface area contributed by atoms with E-state index in [-0.39, 0.29) is 29.3 Å². The van der Waals surface area contributed by atoms with Gasteiger partial charge in [0.25, 0.3) is 0 Å². The molecular formula is C15H20FNO3S2. The zero-order chi connectivity index (χ0) is 16.2. The van der Waals surface area contributed by atoms with Crippen LogP contribution < -0.4 is 0 Å². The molecule has 1 fully saturated rings. The van der Waals surface area contributed by atoms with Gasteiger partial charge < -0.3 is 4.90 Å². The van der Waals surface area contributed by atoms with Gasteiger partial charge in [-0.3, -0.25) is 4.79 Å². The zero-order valence-corrected chi connectivity index (χ0v) is 14.1. The molecule has 2 rings (SSSR count). The number of amides is 1. The standard InChI is InChI=1S/C15H20FNO3S2/c1-2-17(13-8-10-22(19,20)11-13)15(18)7-9-21-14-5-3-12(16)4-6-14/h3-6,13H,2,7-11H2,1H3/t13-/m1/s1. The van der Waals surface area contributed by atoms with Gasteiger partial charge in [-0.2, -0.15) is 0 Å². The maximum absolute atomic E-state index is 12.8. The van der Waals surface area contributed by atoms with Crippen LogP contribution in [0.2, 0.25) is 0 Å². The molecule has 4 nitrogen and oxygen atoms in total. The highest BCUT2D eigenvalue weighted by atomic mass is 32.2. The maximum atomic E-state index is 12.8. The lowest BCUT2D eigenvalue weighted by atomic mass is 10.2. The van der Waals surface area contributed by atoms with E-state index in [4.69, 9.17) is 0 Å². The van der Waals surface area contributed by atoms with Crippen LogP contribution in [-0.4, -0.2) is 49.1 Å². The Bertz CT molecular complexity index is 616. The first-order valence-electron chi connectivity index (χ1n) is 7.29. The minimum absolute atomic E-state index is 0.0146. The number of nitrogens with zero attached hydrogens (tertiary/aromatic N) is 1. The first-order valence-corrected chi connectivity index (χ1v) is 10.1. The fourth-order valence-corrected chi connectivity index (χ4v) is 5.16. The average molecular weight is 345 g/mol. The van der Waals surface area contributed by atoms with Crippen LogP contribution in [0.15, 0.2) is 29.2 Å². The number of carbonyl (C=O) groups excluding carboxylic acids is 1. The number of benzene rings is 1. The minimum Gasteiger partial charge on any atom is -0.339 e. The Kier molecular flexibility index (Phi) is 5.86. The van der Waals surface area contributed by atoms with Gasteiger partial charge in [-0.25, -0.2) is 12.8 Å². The number of halogens is 1. The Morgan fingerprint density at radius 1 is 1.36 bits per heavy atom. The van der Waals surface area contributed by atoms with Crippen LogP contribution in [0.4, 0.5) is 4.39 Å². The van der Waals surface area contributed by atoms with Gasteiger partial charge >= 0.3 is 0 Å². The summed E-state index contributed by atoms with van der Waals surface area (Å²) in [5.41, 5.74) is 0. The fourth-order valence-electron chi connectivity index (χ4n) is 2.59. The third-order valence-electron chi connectivity index (χ3n) is 3.71. The van der Waals surface area contributed by atoms with Gasteiger partial charge in [0.1, 0.15) is 5.82 Å². The molecule has 0 unspecified atom stereocenters. The van der Waals surface area contributed by atoms with Crippen molar-refractivity contribution in [2.45, 2.75) is 30.7 Å².